The Morgan fingerprint density at radius 1 is 0.625 bits per heavy atom. The molecule has 2 aromatic carbocycles. The molecule has 0 amide bonds. The standard InChI is InChI=1S/C32H40O6Si2/c1-8-13-14-15-16-17-30(35-37-31(33)26-18-22-28(23-19-26)39(6,9-2)10-3)36-38-32(34)27-20-24-29(25-21-27)40(7,11-4)12-5/h9-12,18-25H,1-5,8,13-17H2,6-7H3. The molecule has 0 atom stereocenters. The third-order valence-electron chi connectivity index (χ3n) is 6.98. The van der Waals surface area contributed by atoms with Crippen LogP contribution in [0.15, 0.2) is 97.6 Å². The molecule has 6 nitrogen and oxygen atoms in total. The lowest BCUT2D eigenvalue weighted by Gasteiger charge is -2.19. The summed E-state index contributed by atoms with van der Waals surface area (Å²) in [4.78, 5) is 45.7. The van der Waals surface area contributed by atoms with Gasteiger partial charge in [-0.1, -0.05) is 103 Å². The molecule has 0 aromatic heterocycles. The van der Waals surface area contributed by atoms with E-state index in [4.69, 9.17) is 19.6 Å². The summed E-state index contributed by atoms with van der Waals surface area (Å²) in [6.45, 7) is 23.7. The number of carbonyl (C=O) groups is 2. The molecule has 40 heavy (non-hydrogen) atoms. The molecular weight excluding hydrogens is 537 g/mol. The van der Waals surface area contributed by atoms with Crippen molar-refractivity contribution in [3.8, 4) is 0 Å². The van der Waals surface area contributed by atoms with Crippen molar-refractivity contribution in [1.29, 1.82) is 0 Å². The number of carbonyl (C=O) groups excluding carboxylic acids is 2. The predicted molar refractivity (Wildman–Crippen MR) is 165 cm³/mol. The number of rotatable bonds is 18. The molecule has 0 fully saturated rings. The van der Waals surface area contributed by atoms with Crippen molar-refractivity contribution in [3.63, 3.8) is 0 Å². The maximum atomic E-state index is 12.6. The fourth-order valence-corrected chi connectivity index (χ4v) is 6.78. The van der Waals surface area contributed by atoms with E-state index >= 15 is 0 Å². The van der Waals surface area contributed by atoms with E-state index in [9.17, 15) is 9.59 Å². The minimum absolute atomic E-state index is 0.124. The summed E-state index contributed by atoms with van der Waals surface area (Å²) in [5.41, 5.74) is 8.28. The predicted octanol–water partition coefficient (Wildman–Crippen LogP) is 6.70. The first kappa shape index (κ1) is 32.9. The highest BCUT2D eigenvalue weighted by Gasteiger charge is 2.25. The lowest BCUT2D eigenvalue weighted by Crippen LogP contribution is -2.40. The fraction of sp³-hybridized carbons (Fsp3) is 0.250. The van der Waals surface area contributed by atoms with E-state index in [1.165, 1.54) is 0 Å². The monoisotopic (exact) mass is 576 g/mol. The largest absolute Gasteiger partial charge is 0.373 e. The van der Waals surface area contributed by atoms with Gasteiger partial charge in [0.05, 0.1) is 11.1 Å². The second kappa shape index (κ2) is 16.1. The number of benzene rings is 2. The van der Waals surface area contributed by atoms with Gasteiger partial charge in [-0.15, -0.1) is 36.1 Å². The quantitative estimate of drug-likeness (QED) is 0.0851. The molecule has 0 unspecified atom stereocenters. The molecule has 0 N–H and O–H groups in total. The first-order chi connectivity index (χ1) is 19.2. The summed E-state index contributed by atoms with van der Waals surface area (Å²) < 4.78 is 0. The van der Waals surface area contributed by atoms with E-state index in [0.717, 1.165) is 36.1 Å². The highest BCUT2D eigenvalue weighted by molar-refractivity contribution is 6.99. The Bertz CT molecular complexity index is 1060. The van der Waals surface area contributed by atoms with Crippen LogP contribution in [0.1, 0.15) is 59.2 Å². The number of unbranched alkanes of at least 4 members (excludes halogenated alkanes) is 4. The molecule has 0 aliphatic rings. The van der Waals surface area contributed by atoms with E-state index in [1.807, 2.05) is 47.1 Å². The first-order valence-corrected chi connectivity index (χ1v) is 18.7. The average molecular weight is 577 g/mol. The zero-order chi connectivity index (χ0) is 29.6. The fourth-order valence-electron chi connectivity index (χ4n) is 3.73. The molecular formula is C32H40O6Si2. The average Bonchev–Trinajstić information content (AvgIpc) is 3.00. The van der Waals surface area contributed by atoms with Crippen LogP contribution in [0, 0.1) is 13.2 Å². The van der Waals surface area contributed by atoms with Gasteiger partial charge in [0.2, 0.25) is 0 Å². The third-order valence-corrected chi connectivity index (χ3v) is 13.5. The molecule has 0 heterocycles. The van der Waals surface area contributed by atoms with E-state index in [-0.39, 0.29) is 12.7 Å². The summed E-state index contributed by atoms with van der Waals surface area (Å²) in [7, 11) is -4.00. The molecule has 212 valence electrons. The lowest BCUT2D eigenvalue weighted by atomic mass is 10.1. The number of hydrogen-bond acceptors (Lipinski definition) is 6. The van der Waals surface area contributed by atoms with Gasteiger partial charge in [-0.2, -0.15) is 0 Å². The maximum Gasteiger partial charge on any atom is 0.373 e. The van der Waals surface area contributed by atoms with Crippen molar-refractivity contribution in [1.82, 2.24) is 0 Å². The normalized spacial score (nSPS) is 11.5. The summed E-state index contributed by atoms with van der Waals surface area (Å²) in [5.74, 6) is -1.41. The van der Waals surface area contributed by atoms with E-state index in [2.05, 4.69) is 46.3 Å². The van der Waals surface area contributed by atoms with Crippen molar-refractivity contribution < 1.29 is 29.1 Å². The topological polar surface area (TPSA) is 71.1 Å². The van der Waals surface area contributed by atoms with E-state index in [1.54, 1.807) is 24.3 Å². The molecule has 0 aliphatic heterocycles. The van der Waals surface area contributed by atoms with Crippen molar-refractivity contribution in [2.75, 3.05) is 0 Å². The van der Waals surface area contributed by atoms with E-state index < -0.39 is 28.1 Å². The van der Waals surface area contributed by atoms with Gasteiger partial charge in [-0.05, 0) is 30.7 Å². The van der Waals surface area contributed by atoms with Crippen molar-refractivity contribution >= 4 is 38.5 Å². The Balaban J connectivity index is 2.02. The number of hydrogen-bond donors (Lipinski definition) is 0. The smallest absolute Gasteiger partial charge is 0.289 e. The molecule has 0 bridgehead atoms. The summed E-state index contributed by atoms with van der Waals surface area (Å²) >= 11 is 0. The molecule has 0 saturated carbocycles. The molecule has 0 saturated heterocycles. The van der Waals surface area contributed by atoms with Gasteiger partial charge in [-0.25, -0.2) is 9.59 Å². The van der Waals surface area contributed by atoms with Crippen LogP contribution in [0.4, 0.5) is 0 Å². The van der Waals surface area contributed by atoms with Crippen LogP contribution >= 0.6 is 0 Å². The van der Waals surface area contributed by atoms with Crippen molar-refractivity contribution in [2.45, 2.75) is 51.6 Å². The van der Waals surface area contributed by atoms with Crippen LogP contribution in [-0.4, -0.2) is 28.1 Å². The van der Waals surface area contributed by atoms with Gasteiger partial charge in [0.1, 0.15) is 16.1 Å². The van der Waals surface area contributed by atoms with Gasteiger partial charge < -0.3 is 0 Å². The Morgan fingerprint density at radius 2 is 1.00 bits per heavy atom. The SMILES string of the molecule is [CH2]CCCCCC[C](OOC(=O)c1ccc([Si](C)(C=C)C=C)cc1)OOC(=O)c1ccc([Si](C)(C=C)C=C)cc1. The minimum Gasteiger partial charge on any atom is -0.289 e. The molecule has 8 heteroatoms. The Labute approximate surface area is 240 Å². The summed E-state index contributed by atoms with van der Waals surface area (Å²) in [5, 5.41) is 2.13. The van der Waals surface area contributed by atoms with Gasteiger partial charge in [0.15, 0.2) is 0 Å². The minimum atomic E-state index is -2.00. The second-order valence-electron chi connectivity index (χ2n) is 9.83. The second-order valence-corrected chi connectivity index (χ2v) is 17.8. The van der Waals surface area contributed by atoms with Crippen LogP contribution in [0.5, 0.6) is 0 Å². The van der Waals surface area contributed by atoms with Crippen molar-refractivity contribution in [2.24, 2.45) is 0 Å². The highest BCUT2D eigenvalue weighted by Crippen LogP contribution is 2.19. The van der Waals surface area contributed by atoms with Crippen LogP contribution in [0.25, 0.3) is 0 Å². The Kier molecular flexibility index (Phi) is 13.2. The van der Waals surface area contributed by atoms with Gasteiger partial charge in [-0.3, -0.25) is 9.78 Å². The summed E-state index contributed by atoms with van der Waals surface area (Å²) in [6, 6.07) is 14.1. The molecule has 2 rings (SSSR count). The lowest BCUT2D eigenvalue weighted by molar-refractivity contribution is -0.363. The van der Waals surface area contributed by atoms with Crippen LogP contribution < -0.4 is 10.4 Å². The van der Waals surface area contributed by atoms with Crippen LogP contribution in [0.3, 0.4) is 0 Å². The van der Waals surface area contributed by atoms with Crippen LogP contribution in [-0.2, 0) is 19.6 Å². The van der Waals surface area contributed by atoms with Gasteiger partial charge in [0.25, 0.3) is 0 Å². The van der Waals surface area contributed by atoms with E-state index in [0.29, 0.717) is 17.5 Å². The Hall–Kier alpha value is -3.31. The molecule has 0 aliphatic carbocycles. The first-order valence-electron chi connectivity index (χ1n) is 13.3. The van der Waals surface area contributed by atoms with Gasteiger partial charge in [0, 0.05) is 6.42 Å². The zero-order valence-electron chi connectivity index (χ0n) is 23.7. The van der Waals surface area contributed by atoms with Gasteiger partial charge >= 0.3 is 18.2 Å². The highest BCUT2D eigenvalue weighted by atomic mass is 28.3. The zero-order valence-corrected chi connectivity index (χ0v) is 25.7. The third kappa shape index (κ3) is 9.13. The summed E-state index contributed by atoms with van der Waals surface area (Å²) in [6.07, 6.45) is 4.59. The molecule has 2 aromatic rings. The van der Waals surface area contributed by atoms with Crippen molar-refractivity contribution in [3.05, 3.63) is 122 Å². The maximum absolute atomic E-state index is 12.6. The molecule has 0 spiro atoms. The molecule has 2 radical (unpaired) electrons. The Morgan fingerprint density at radius 3 is 1.35 bits per heavy atom. The van der Waals surface area contributed by atoms with Crippen LogP contribution in [0.2, 0.25) is 13.1 Å².